The number of aromatic nitrogens is 4. The zero-order valence-corrected chi connectivity index (χ0v) is 13.0. The number of rotatable bonds is 5. The molecule has 2 N–H and O–H groups in total. The van der Waals surface area contributed by atoms with E-state index < -0.39 is 0 Å². The monoisotopic (exact) mass is 275 g/mol. The van der Waals surface area contributed by atoms with Crippen LogP contribution >= 0.6 is 0 Å². The molecule has 0 radical (unpaired) electrons. The molecule has 0 unspecified atom stereocenters. The van der Waals surface area contributed by atoms with Gasteiger partial charge in [-0.1, -0.05) is 20.8 Å². The second-order valence-corrected chi connectivity index (χ2v) is 6.42. The fourth-order valence-corrected chi connectivity index (χ4v) is 2.29. The van der Waals surface area contributed by atoms with Gasteiger partial charge in [-0.3, -0.25) is 9.78 Å². The molecule has 0 fully saturated rings. The minimum atomic E-state index is 0.0876. The van der Waals surface area contributed by atoms with Crippen molar-refractivity contribution in [3.8, 4) is 0 Å². The van der Waals surface area contributed by atoms with Crippen LogP contribution in [-0.2, 0) is 12.0 Å². The summed E-state index contributed by atoms with van der Waals surface area (Å²) in [6.07, 6.45) is 5.73. The van der Waals surface area contributed by atoms with Crippen LogP contribution in [0.3, 0.4) is 0 Å². The van der Waals surface area contributed by atoms with E-state index >= 15 is 0 Å². The molecule has 2 aromatic rings. The standard InChI is InChI=1S/C15H25N5/c1-11(12(2)20-8-6-7-18-20)16-9-13-10-17-19-14(13)15(3,4)5/h6-8,10-12,16H,9H2,1-5H3,(H,17,19)/t11-,12+/m1/s1. The highest BCUT2D eigenvalue weighted by Crippen LogP contribution is 2.23. The van der Waals surface area contributed by atoms with Crippen molar-refractivity contribution in [2.45, 2.75) is 58.7 Å². The minimum absolute atomic E-state index is 0.0876. The third-order valence-electron chi connectivity index (χ3n) is 3.75. The summed E-state index contributed by atoms with van der Waals surface area (Å²) in [5.41, 5.74) is 2.52. The molecule has 110 valence electrons. The molecule has 2 rings (SSSR count). The topological polar surface area (TPSA) is 58.5 Å². The molecule has 5 nitrogen and oxygen atoms in total. The van der Waals surface area contributed by atoms with Gasteiger partial charge in [-0.2, -0.15) is 10.2 Å². The molecule has 0 aliphatic rings. The van der Waals surface area contributed by atoms with E-state index in [0.717, 1.165) is 6.54 Å². The van der Waals surface area contributed by atoms with Crippen LogP contribution in [0.2, 0.25) is 0 Å². The second-order valence-electron chi connectivity index (χ2n) is 6.42. The van der Waals surface area contributed by atoms with E-state index in [1.807, 2.05) is 29.3 Å². The van der Waals surface area contributed by atoms with Gasteiger partial charge in [0.2, 0.25) is 0 Å². The Kier molecular flexibility index (Phi) is 4.28. The summed E-state index contributed by atoms with van der Waals surface area (Å²) in [4.78, 5) is 0. The van der Waals surface area contributed by atoms with Crippen molar-refractivity contribution in [2.24, 2.45) is 0 Å². The molecule has 0 aliphatic heterocycles. The maximum absolute atomic E-state index is 4.30. The SMILES string of the molecule is C[C@@H](NCc1cn[nH]c1C(C)(C)C)[C@H](C)n1cccn1. The van der Waals surface area contributed by atoms with Crippen LogP contribution < -0.4 is 5.32 Å². The van der Waals surface area contributed by atoms with Crippen LogP contribution in [0.4, 0.5) is 0 Å². The molecule has 0 saturated carbocycles. The first-order chi connectivity index (χ1) is 9.39. The van der Waals surface area contributed by atoms with Gasteiger partial charge in [-0.25, -0.2) is 0 Å². The molecule has 2 atom stereocenters. The predicted octanol–water partition coefficient (Wildman–Crippen LogP) is 2.64. The van der Waals surface area contributed by atoms with Crippen molar-refractivity contribution in [1.29, 1.82) is 0 Å². The average Bonchev–Trinajstić information content (AvgIpc) is 3.04. The molecule has 0 spiro atoms. The van der Waals surface area contributed by atoms with Crippen molar-refractivity contribution in [2.75, 3.05) is 0 Å². The Balaban J connectivity index is 1.97. The Bertz CT molecular complexity index is 521. The molecule has 20 heavy (non-hydrogen) atoms. The molecule has 2 heterocycles. The number of nitrogens with zero attached hydrogens (tertiary/aromatic N) is 3. The van der Waals surface area contributed by atoms with E-state index in [4.69, 9.17) is 0 Å². The summed E-state index contributed by atoms with van der Waals surface area (Å²) in [6, 6.07) is 2.60. The Morgan fingerprint density at radius 1 is 1.35 bits per heavy atom. The fraction of sp³-hybridized carbons (Fsp3) is 0.600. The van der Waals surface area contributed by atoms with Gasteiger partial charge in [0.25, 0.3) is 0 Å². The van der Waals surface area contributed by atoms with Gasteiger partial charge in [-0.05, 0) is 19.9 Å². The quantitative estimate of drug-likeness (QED) is 0.882. The fourth-order valence-electron chi connectivity index (χ4n) is 2.29. The van der Waals surface area contributed by atoms with Gasteiger partial charge in [0, 0.05) is 41.7 Å². The van der Waals surface area contributed by atoms with E-state index in [0.29, 0.717) is 12.1 Å². The van der Waals surface area contributed by atoms with E-state index in [2.05, 4.69) is 55.2 Å². The molecule has 0 bridgehead atoms. The minimum Gasteiger partial charge on any atom is -0.308 e. The summed E-state index contributed by atoms with van der Waals surface area (Å²) in [7, 11) is 0. The smallest absolute Gasteiger partial charge is 0.0641 e. The number of hydrogen-bond donors (Lipinski definition) is 2. The highest BCUT2D eigenvalue weighted by atomic mass is 15.3. The lowest BCUT2D eigenvalue weighted by atomic mass is 9.89. The third-order valence-corrected chi connectivity index (χ3v) is 3.75. The summed E-state index contributed by atoms with van der Waals surface area (Å²) in [6.45, 7) is 11.8. The molecule has 0 aliphatic carbocycles. The van der Waals surface area contributed by atoms with Gasteiger partial charge >= 0.3 is 0 Å². The Labute approximate surface area is 120 Å². The summed E-state index contributed by atoms with van der Waals surface area (Å²) >= 11 is 0. The zero-order valence-electron chi connectivity index (χ0n) is 13.0. The second kappa shape index (κ2) is 5.79. The number of aromatic amines is 1. The highest BCUT2D eigenvalue weighted by molar-refractivity contribution is 5.23. The Morgan fingerprint density at radius 3 is 2.70 bits per heavy atom. The molecule has 0 saturated heterocycles. The lowest BCUT2D eigenvalue weighted by Gasteiger charge is -2.23. The van der Waals surface area contributed by atoms with Gasteiger partial charge < -0.3 is 5.32 Å². The van der Waals surface area contributed by atoms with Crippen molar-refractivity contribution in [3.63, 3.8) is 0 Å². The van der Waals surface area contributed by atoms with Crippen LogP contribution in [0.1, 0.15) is 51.9 Å². The first-order valence-corrected chi connectivity index (χ1v) is 7.15. The van der Waals surface area contributed by atoms with E-state index in [1.165, 1.54) is 11.3 Å². The summed E-state index contributed by atoms with van der Waals surface area (Å²) < 4.78 is 1.98. The molecule has 0 aromatic carbocycles. The van der Waals surface area contributed by atoms with Gasteiger partial charge in [0.05, 0.1) is 12.2 Å². The van der Waals surface area contributed by atoms with Crippen LogP contribution in [0.5, 0.6) is 0 Å². The van der Waals surface area contributed by atoms with Crippen molar-refractivity contribution in [1.82, 2.24) is 25.3 Å². The average molecular weight is 275 g/mol. The van der Waals surface area contributed by atoms with E-state index in [-0.39, 0.29) is 5.41 Å². The first-order valence-electron chi connectivity index (χ1n) is 7.15. The van der Waals surface area contributed by atoms with Crippen molar-refractivity contribution in [3.05, 3.63) is 35.9 Å². The maximum atomic E-state index is 4.30. The molecular formula is C15H25N5. The Morgan fingerprint density at radius 2 is 2.10 bits per heavy atom. The van der Waals surface area contributed by atoms with Crippen LogP contribution in [-0.4, -0.2) is 26.0 Å². The number of H-pyrrole nitrogens is 1. The van der Waals surface area contributed by atoms with Gasteiger partial charge in [-0.15, -0.1) is 0 Å². The van der Waals surface area contributed by atoms with E-state index in [1.54, 1.807) is 0 Å². The predicted molar refractivity (Wildman–Crippen MR) is 80.5 cm³/mol. The zero-order chi connectivity index (χ0) is 14.8. The van der Waals surface area contributed by atoms with Gasteiger partial charge in [0.1, 0.15) is 0 Å². The number of hydrogen-bond acceptors (Lipinski definition) is 3. The lowest BCUT2D eigenvalue weighted by molar-refractivity contribution is 0.364. The van der Waals surface area contributed by atoms with Crippen molar-refractivity contribution >= 4 is 0 Å². The third kappa shape index (κ3) is 3.28. The normalized spacial score (nSPS) is 15.2. The van der Waals surface area contributed by atoms with E-state index in [9.17, 15) is 0 Å². The molecular weight excluding hydrogens is 250 g/mol. The Hall–Kier alpha value is -1.62. The largest absolute Gasteiger partial charge is 0.308 e. The van der Waals surface area contributed by atoms with Crippen LogP contribution in [0, 0.1) is 0 Å². The number of nitrogens with one attached hydrogen (secondary N) is 2. The molecule has 0 amide bonds. The van der Waals surface area contributed by atoms with Crippen molar-refractivity contribution < 1.29 is 0 Å². The van der Waals surface area contributed by atoms with Gasteiger partial charge in [0.15, 0.2) is 0 Å². The summed E-state index contributed by atoms with van der Waals surface area (Å²) in [5.74, 6) is 0. The molecule has 5 heteroatoms. The highest BCUT2D eigenvalue weighted by Gasteiger charge is 2.21. The maximum Gasteiger partial charge on any atom is 0.0641 e. The van der Waals surface area contributed by atoms with Crippen LogP contribution in [0.25, 0.3) is 0 Å². The summed E-state index contributed by atoms with van der Waals surface area (Å²) in [5, 5.41) is 15.2. The lowest BCUT2D eigenvalue weighted by Crippen LogP contribution is -2.34. The van der Waals surface area contributed by atoms with Crippen LogP contribution in [0.15, 0.2) is 24.7 Å². The first kappa shape index (κ1) is 14.8. The molecule has 2 aromatic heterocycles.